The summed E-state index contributed by atoms with van der Waals surface area (Å²) in [4.78, 5) is 0. The largest absolute Gasteiger partial charge is 0.348 e. The molecule has 1 aromatic heterocycles. The molecule has 1 aromatic carbocycles. The van der Waals surface area contributed by atoms with Crippen LogP contribution in [0.1, 0.15) is 42.5 Å². The zero-order chi connectivity index (χ0) is 14.1. The number of hydrogen-bond donors (Lipinski definition) is 1. The monoisotopic (exact) mass is 270 g/mol. The van der Waals surface area contributed by atoms with E-state index in [0.29, 0.717) is 0 Å². The van der Waals surface area contributed by atoms with Crippen molar-refractivity contribution in [2.24, 2.45) is 7.05 Å². The molecule has 0 bridgehead atoms. The number of nitrogens with zero attached hydrogens (tertiary/aromatic N) is 1. The van der Waals surface area contributed by atoms with E-state index >= 15 is 0 Å². The van der Waals surface area contributed by atoms with Gasteiger partial charge >= 0.3 is 0 Å². The van der Waals surface area contributed by atoms with E-state index in [2.05, 4.69) is 49.0 Å². The number of benzene rings is 1. The van der Waals surface area contributed by atoms with Gasteiger partial charge in [0, 0.05) is 29.7 Å². The van der Waals surface area contributed by atoms with Gasteiger partial charge in [-0.25, -0.2) is 0 Å². The van der Waals surface area contributed by atoms with Gasteiger partial charge in [0.2, 0.25) is 0 Å². The lowest BCUT2D eigenvalue weighted by molar-refractivity contribution is 0.527. The fraction of sp³-hybridized carbons (Fsp3) is 0.556. The maximum atomic E-state index is 3.74. The number of rotatable bonds is 4. The third-order valence-electron chi connectivity index (χ3n) is 4.94. The SMILES string of the molecule is Cc1ccc2c(c1)c(CCNC1CCCC1)c(C)n2C. The van der Waals surface area contributed by atoms with Crippen LogP contribution in [-0.4, -0.2) is 17.2 Å². The summed E-state index contributed by atoms with van der Waals surface area (Å²) in [6.45, 7) is 5.54. The molecular weight excluding hydrogens is 244 g/mol. The predicted octanol–water partition coefficient (Wildman–Crippen LogP) is 3.87. The highest BCUT2D eigenvalue weighted by Crippen LogP contribution is 2.26. The molecule has 0 unspecified atom stereocenters. The molecule has 0 spiro atoms. The molecule has 108 valence electrons. The van der Waals surface area contributed by atoms with Crippen molar-refractivity contribution in [1.82, 2.24) is 9.88 Å². The second kappa shape index (κ2) is 5.61. The van der Waals surface area contributed by atoms with E-state index in [1.807, 2.05) is 0 Å². The summed E-state index contributed by atoms with van der Waals surface area (Å²) < 4.78 is 2.33. The molecule has 1 heterocycles. The molecule has 0 atom stereocenters. The van der Waals surface area contributed by atoms with Gasteiger partial charge in [0.15, 0.2) is 0 Å². The molecule has 1 saturated carbocycles. The van der Waals surface area contributed by atoms with Crippen LogP contribution in [0.15, 0.2) is 18.2 Å². The predicted molar refractivity (Wildman–Crippen MR) is 86.4 cm³/mol. The molecule has 2 nitrogen and oxygen atoms in total. The van der Waals surface area contributed by atoms with Crippen molar-refractivity contribution >= 4 is 10.9 Å². The van der Waals surface area contributed by atoms with Crippen LogP contribution in [0.4, 0.5) is 0 Å². The fourth-order valence-corrected chi connectivity index (χ4v) is 3.61. The first-order chi connectivity index (χ1) is 9.66. The standard InChI is InChI=1S/C18H26N2/c1-13-8-9-18-17(12-13)16(14(2)20(18)3)10-11-19-15-6-4-5-7-15/h8-9,12,15,19H,4-7,10-11H2,1-3H3. The molecule has 0 radical (unpaired) electrons. The molecule has 0 aliphatic heterocycles. The van der Waals surface area contributed by atoms with Crippen LogP contribution in [0.2, 0.25) is 0 Å². The van der Waals surface area contributed by atoms with Crippen LogP contribution in [0.25, 0.3) is 10.9 Å². The van der Waals surface area contributed by atoms with Crippen LogP contribution < -0.4 is 5.32 Å². The Labute approximate surface area is 122 Å². The van der Waals surface area contributed by atoms with Crippen LogP contribution in [0, 0.1) is 13.8 Å². The molecule has 3 rings (SSSR count). The van der Waals surface area contributed by atoms with Crippen molar-refractivity contribution < 1.29 is 0 Å². The Hall–Kier alpha value is -1.28. The van der Waals surface area contributed by atoms with Gasteiger partial charge in [0.25, 0.3) is 0 Å². The van der Waals surface area contributed by atoms with E-state index in [1.165, 1.54) is 53.4 Å². The minimum absolute atomic E-state index is 0.770. The first-order valence-corrected chi connectivity index (χ1v) is 7.94. The van der Waals surface area contributed by atoms with Gasteiger partial charge in [0.1, 0.15) is 0 Å². The maximum absolute atomic E-state index is 3.74. The van der Waals surface area contributed by atoms with E-state index in [9.17, 15) is 0 Å². The smallest absolute Gasteiger partial charge is 0.0482 e. The Morgan fingerprint density at radius 1 is 1.20 bits per heavy atom. The van der Waals surface area contributed by atoms with E-state index in [1.54, 1.807) is 0 Å². The van der Waals surface area contributed by atoms with Crippen molar-refractivity contribution in [2.45, 2.75) is 52.0 Å². The van der Waals surface area contributed by atoms with Gasteiger partial charge in [-0.2, -0.15) is 0 Å². The lowest BCUT2D eigenvalue weighted by atomic mass is 10.1. The Balaban J connectivity index is 1.79. The number of aryl methyl sites for hydroxylation is 2. The van der Waals surface area contributed by atoms with Gasteiger partial charge < -0.3 is 9.88 Å². The van der Waals surface area contributed by atoms with Crippen molar-refractivity contribution in [3.63, 3.8) is 0 Å². The minimum atomic E-state index is 0.770. The summed E-state index contributed by atoms with van der Waals surface area (Å²) in [7, 11) is 2.18. The average molecular weight is 270 g/mol. The van der Waals surface area contributed by atoms with Gasteiger partial charge in [-0.1, -0.05) is 24.5 Å². The second-order valence-corrected chi connectivity index (χ2v) is 6.33. The third-order valence-corrected chi connectivity index (χ3v) is 4.94. The number of hydrogen-bond acceptors (Lipinski definition) is 1. The molecule has 1 N–H and O–H groups in total. The zero-order valence-electron chi connectivity index (χ0n) is 13.0. The Kier molecular flexibility index (Phi) is 3.84. The van der Waals surface area contributed by atoms with Gasteiger partial charge in [-0.3, -0.25) is 0 Å². The molecule has 2 heteroatoms. The summed E-state index contributed by atoms with van der Waals surface area (Å²) >= 11 is 0. The van der Waals surface area contributed by atoms with Gasteiger partial charge in [0.05, 0.1) is 0 Å². The van der Waals surface area contributed by atoms with Gasteiger partial charge in [-0.15, -0.1) is 0 Å². The van der Waals surface area contributed by atoms with Crippen LogP contribution >= 0.6 is 0 Å². The highest BCUT2D eigenvalue weighted by molar-refractivity contribution is 5.86. The lowest BCUT2D eigenvalue weighted by Gasteiger charge is -2.11. The molecule has 2 aromatic rings. The summed E-state index contributed by atoms with van der Waals surface area (Å²) in [6.07, 6.45) is 6.69. The summed E-state index contributed by atoms with van der Waals surface area (Å²) in [5.74, 6) is 0. The second-order valence-electron chi connectivity index (χ2n) is 6.33. The Morgan fingerprint density at radius 2 is 1.95 bits per heavy atom. The van der Waals surface area contributed by atoms with Crippen LogP contribution in [0.5, 0.6) is 0 Å². The van der Waals surface area contributed by atoms with E-state index in [4.69, 9.17) is 0 Å². The maximum Gasteiger partial charge on any atom is 0.0482 e. The lowest BCUT2D eigenvalue weighted by Crippen LogP contribution is -2.28. The van der Waals surface area contributed by atoms with Crippen molar-refractivity contribution in [1.29, 1.82) is 0 Å². The highest BCUT2D eigenvalue weighted by atomic mass is 15.0. The average Bonchev–Trinajstić information content (AvgIpc) is 3.02. The van der Waals surface area contributed by atoms with Crippen LogP contribution in [-0.2, 0) is 13.5 Å². The molecule has 1 aliphatic rings. The number of fused-ring (bicyclic) bond motifs is 1. The zero-order valence-corrected chi connectivity index (χ0v) is 13.0. The first kappa shape index (κ1) is 13.7. The van der Waals surface area contributed by atoms with Gasteiger partial charge in [-0.05, 0) is 57.4 Å². The number of aromatic nitrogens is 1. The van der Waals surface area contributed by atoms with Crippen molar-refractivity contribution in [2.75, 3.05) is 6.54 Å². The summed E-state index contributed by atoms with van der Waals surface area (Å²) in [5, 5.41) is 5.18. The van der Waals surface area contributed by atoms with E-state index in [0.717, 1.165) is 19.0 Å². The minimum Gasteiger partial charge on any atom is -0.348 e. The molecule has 20 heavy (non-hydrogen) atoms. The molecule has 0 saturated heterocycles. The van der Waals surface area contributed by atoms with Crippen molar-refractivity contribution in [3.05, 3.63) is 35.0 Å². The summed E-state index contributed by atoms with van der Waals surface area (Å²) in [6, 6.07) is 7.58. The Bertz CT molecular complexity index is 603. The summed E-state index contributed by atoms with van der Waals surface area (Å²) in [5.41, 5.74) is 5.66. The first-order valence-electron chi connectivity index (χ1n) is 7.94. The Morgan fingerprint density at radius 3 is 2.70 bits per heavy atom. The number of nitrogens with one attached hydrogen (secondary N) is 1. The van der Waals surface area contributed by atoms with E-state index < -0.39 is 0 Å². The third kappa shape index (κ3) is 2.49. The normalized spacial score (nSPS) is 16.4. The topological polar surface area (TPSA) is 17.0 Å². The quantitative estimate of drug-likeness (QED) is 0.892. The molecule has 0 amide bonds. The molecule has 1 fully saturated rings. The van der Waals surface area contributed by atoms with Crippen molar-refractivity contribution in [3.8, 4) is 0 Å². The van der Waals surface area contributed by atoms with Crippen LogP contribution in [0.3, 0.4) is 0 Å². The molecular formula is C18H26N2. The van der Waals surface area contributed by atoms with E-state index in [-0.39, 0.29) is 0 Å². The highest BCUT2D eigenvalue weighted by Gasteiger charge is 2.15. The fourth-order valence-electron chi connectivity index (χ4n) is 3.61. The molecule has 1 aliphatic carbocycles.